The molecule has 2 aromatic heterocycles. The van der Waals surface area contributed by atoms with Crippen LogP contribution in [0.15, 0.2) is 55.1 Å². The third kappa shape index (κ3) is 3.72. The summed E-state index contributed by atoms with van der Waals surface area (Å²) in [6, 6.07) is 10.1. The van der Waals surface area contributed by atoms with E-state index in [4.69, 9.17) is 4.74 Å². The second-order valence-electron chi connectivity index (χ2n) is 8.21. The third-order valence-electron chi connectivity index (χ3n) is 6.12. The largest absolute Gasteiger partial charge is 0.470 e. The van der Waals surface area contributed by atoms with Gasteiger partial charge in [0.15, 0.2) is 5.82 Å². The molecule has 4 heterocycles. The Hall–Kier alpha value is -3.68. The van der Waals surface area contributed by atoms with Crippen molar-refractivity contribution in [2.24, 2.45) is 0 Å². The molecule has 8 heteroatoms. The number of ether oxygens (including phenoxy) is 1. The van der Waals surface area contributed by atoms with Gasteiger partial charge in [0, 0.05) is 55.2 Å². The van der Waals surface area contributed by atoms with Crippen molar-refractivity contribution in [2.45, 2.75) is 39.0 Å². The predicted octanol–water partition coefficient (Wildman–Crippen LogP) is 3.81. The number of urea groups is 1. The smallest absolute Gasteiger partial charge is 0.322 e. The highest BCUT2D eigenvalue weighted by Crippen LogP contribution is 2.40. The Morgan fingerprint density at radius 3 is 2.69 bits per heavy atom. The Morgan fingerprint density at radius 2 is 1.88 bits per heavy atom. The zero-order valence-electron chi connectivity index (χ0n) is 18.2. The molecule has 32 heavy (non-hydrogen) atoms. The van der Waals surface area contributed by atoms with Gasteiger partial charge in [0.05, 0.1) is 6.04 Å². The lowest BCUT2D eigenvalue weighted by molar-refractivity contribution is 0.142. The van der Waals surface area contributed by atoms with Crippen molar-refractivity contribution < 1.29 is 9.53 Å². The normalized spacial score (nSPS) is 19.8. The average molecular weight is 431 g/mol. The summed E-state index contributed by atoms with van der Waals surface area (Å²) in [5, 5.41) is 3.08. The number of carbonyl (C=O) groups is 1. The molecule has 2 aliphatic rings. The molecule has 0 spiro atoms. The van der Waals surface area contributed by atoms with Crippen molar-refractivity contribution in [3.05, 3.63) is 71.8 Å². The van der Waals surface area contributed by atoms with Crippen molar-refractivity contribution in [3.63, 3.8) is 0 Å². The number of amides is 2. The summed E-state index contributed by atoms with van der Waals surface area (Å²) in [4.78, 5) is 30.1. The van der Waals surface area contributed by atoms with E-state index in [0.29, 0.717) is 31.4 Å². The minimum atomic E-state index is -0.0662. The molecule has 1 N–H and O–H groups in total. The molecule has 1 saturated heterocycles. The predicted molar refractivity (Wildman–Crippen MR) is 122 cm³/mol. The number of aryl methyl sites for hydroxylation is 1. The van der Waals surface area contributed by atoms with E-state index in [2.05, 4.69) is 57.2 Å². The Labute approximate surface area is 187 Å². The third-order valence-corrected chi connectivity index (χ3v) is 6.12. The van der Waals surface area contributed by atoms with Gasteiger partial charge in [-0.25, -0.2) is 14.8 Å². The highest BCUT2D eigenvalue weighted by Gasteiger charge is 2.41. The maximum absolute atomic E-state index is 12.9. The second kappa shape index (κ2) is 8.45. The molecule has 5 rings (SSSR count). The summed E-state index contributed by atoms with van der Waals surface area (Å²) in [6.07, 6.45) is 7.73. The number of nitrogens with one attached hydrogen (secondary N) is 1. The van der Waals surface area contributed by atoms with E-state index < -0.39 is 0 Å². The molecule has 164 valence electrons. The van der Waals surface area contributed by atoms with Crippen molar-refractivity contribution in [1.82, 2.24) is 19.9 Å². The van der Waals surface area contributed by atoms with Crippen LogP contribution in [0.5, 0.6) is 5.88 Å². The minimum Gasteiger partial charge on any atom is -0.470 e. The highest BCUT2D eigenvalue weighted by molar-refractivity contribution is 5.93. The molecule has 2 amide bonds. The number of hydrogen-bond donors (Lipinski definition) is 1. The van der Waals surface area contributed by atoms with Gasteiger partial charge in [-0.3, -0.25) is 4.98 Å². The summed E-state index contributed by atoms with van der Waals surface area (Å²) in [5.41, 5.74) is 4.25. The van der Waals surface area contributed by atoms with Crippen molar-refractivity contribution in [3.8, 4) is 5.88 Å². The molecule has 2 atom stereocenters. The number of nitrogens with zero attached hydrogens (tertiary/aromatic N) is 5. The van der Waals surface area contributed by atoms with E-state index >= 15 is 0 Å². The quantitative estimate of drug-likeness (QED) is 0.663. The van der Waals surface area contributed by atoms with Crippen LogP contribution in [0.1, 0.15) is 36.6 Å². The van der Waals surface area contributed by atoms with Crippen LogP contribution in [0.25, 0.3) is 0 Å². The molecule has 1 fully saturated rings. The van der Waals surface area contributed by atoms with Crippen LogP contribution in [-0.2, 0) is 13.0 Å². The Bertz CT molecular complexity index is 1120. The fraction of sp³-hybridized carbons (Fsp3) is 0.333. The molecule has 0 bridgehead atoms. The van der Waals surface area contributed by atoms with Crippen LogP contribution in [0.3, 0.4) is 0 Å². The molecule has 0 aliphatic carbocycles. The topological polar surface area (TPSA) is 83.5 Å². The molecule has 2 unspecified atom stereocenters. The minimum absolute atomic E-state index is 0.00260. The molecule has 8 nitrogen and oxygen atoms in total. The first-order chi connectivity index (χ1) is 15.6. The highest BCUT2D eigenvalue weighted by atomic mass is 16.5. The van der Waals surface area contributed by atoms with Crippen LogP contribution in [0, 0.1) is 0 Å². The molecular formula is C24H26N6O2. The van der Waals surface area contributed by atoms with Crippen LogP contribution >= 0.6 is 0 Å². The first-order valence-electron chi connectivity index (χ1n) is 10.9. The van der Waals surface area contributed by atoms with E-state index in [1.807, 2.05) is 17.0 Å². The summed E-state index contributed by atoms with van der Waals surface area (Å²) in [6.45, 7) is 5.85. The molecule has 1 aromatic carbocycles. The number of fused-ring (bicyclic) bond motifs is 3. The molecule has 0 radical (unpaired) electrons. The van der Waals surface area contributed by atoms with Gasteiger partial charge in [-0.15, -0.1) is 0 Å². The van der Waals surface area contributed by atoms with E-state index in [1.165, 1.54) is 5.56 Å². The van der Waals surface area contributed by atoms with Gasteiger partial charge in [-0.1, -0.05) is 19.1 Å². The lowest BCUT2D eigenvalue weighted by Gasteiger charge is -2.48. The summed E-state index contributed by atoms with van der Waals surface area (Å²) >= 11 is 0. The molecule has 3 aromatic rings. The van der Waals surface area contributed by atoms with E-state index in [9.17, 15) is 4.79 Å². The summed E-state index contributed by atoms with van der Waals surface area (Å²) in [7, 11) is 0. The maximum Gasteiger partial charge on any atom is 0.322 e. The van der Waals surface area contributed by atoms with Crippen LogP contribution < -0.4 is 15.0 Å². The Kier molecular flexibility index (Phi) is 5.34. The van der Waals surface area contributed by atoms with Gasteiger partial charge < -0.3 is 19.9 Å². The number of anilines is 2. The van der Waals surface area contributed by atoms with E-state index in [-0.39, 0.29) is 18.1 Å². The van der Waals surface area contributed by atoms with Gasteiger partial charge >= 0.3 is 6.03 Å². The SMILES string of the molecule is CCc1ccc2c(c1)NC(=O)N1C(C)CN(c3nccnc3OCc3ccncc3)CC21. The Morgan fingerprint density at radius 1 is 1.06 bits per heavy atom. The van der Waals surface area contributed by atoms with Crippen LogP contribution in [-0.4, -0.2) is 45.0 Å². The number of benzene rings is 1. The van der Waals surface area contributed by atoms with Crippen LogP contribution in [0.4, 0.5) is 16.3 Å². The fourth-order valence-corrected chi connectivity index (χ4v) is 4.52. The number of aromatic nitrogens is 3. The number of pyridine rings is 1. The molecule has 2 aliphatic heterocycles. The number of hydrogen-bond acceptors (Lipinski definition) is 6. The summed E-state index contributed by atoms with van der Waals surface area (Å²) < 4.78 is 6.03. The monoisotopic (exact) mass is 430 g/mol. The van der Waals surface area contributed by atoms with Crippen molar-refractivity contribution >= 4 is 17.5 Å². The van der Waals surface area contributed by atoms with E-state index in [1.54, 1.807) is 24.8 Å². The zero-order chi connectivity index (χ0) is 22.1. The first-order valence-corrected chi connectivity index (χ1v) is 10.9. The molecular weight excluding hydrogens is 404 g/mol. The first kappa shape index (κ1) is 20.2. The van der Waals surface area contributed by atoms with Crippen LogP contribution in [0.2, 0.25) is 0 Å². The average Bonchev–Trinajstić information content (AvgIpc) is 2.83. The fourth-order valence-electron chi connectivity index (χ4n) is 4.52. The molecule has 0 saturated carbocycles. The van der Waals surface area contributed by atoms with Gasteiger partial charge in [0.25, 0.3) is 5.88 Å². The zero-order valence-corrected chi connectivity index (χ0v) is 18.2. The lowest BCUT2D eigenvalue weighted by Crippen LogP contribution is -2.58. The number of piperazine rings is 1. The number of rotatable bonds is 5. The number of carbonyl (C=O) groups excluding carboxylic acids is 1. The van der Waals surface area contributed by atoms with Crippen molar-refractivity contribution in [1.29, 1.82) is 0 Å². The summed E-state index contributed by atoms with van der Waals surface area (Å²) in [5.74, 6) is 1.19. The maximum atomic E-state index is 12.9. The van der Waals surface area contributed by atoms with Gasteiger partial charge in [0.1, 0.15) is 6.61 Å². The van der Waals surface area contributed by atoms with Crippen molar-refractivity contribution in [2.75, 3.05) is 23.3 Å². The standard InChI is InChI=1S/C24H26N6O2/c1-3-17-4-5-19-20(12-17)28-24(31)30-16(2)13-29(14-21(19)30)22-23(27-11-10-26-22)32-15-18-6-8-25-9-7-18/h4-12,16,21H,3,13-15H2,1-2H3,(H,28,31). The lowest BCUT2D eigenvalue weighted by atomic mass is 9.94. The van der Waals surface area contributed by atoms with Gasteiger partial charge in [-0.2, -0.15) is 0 Å². The second-order valence-corrected chi connectivity index (χ2v) is 8.21. The van der Waals surface area contributed by atoms with Gasteiger partial charge in [0.2, 0.25) is 0 Å². The Balaban J connectivity index is 1.43. The van der Waals surface area contributed by atoms with E-state index in [0.717, 1.165) is 23.2 Å². The van der Waals surface area contributed by atoms with Gasteiger partial charge in [-0.05, 0) is 42.7 Å².